The summed E-state index contributed by atoms with van der Waals surface area (Å²) in [6, 6.07) is 11.9. The number of benzene rings is 2. The summed E-state index contributed by atoms with van der Waals surface area (Å²) in [5.41, 5.74) is 2.56. The van der Waals surface area contributed by atoms with Crippen molar-refractivity contribution >= 4 is 39.6 Å². The van der Waals surface area contributed by atoms with Gasteiger partial charge in [0.1, 0.15) is 30.6 Å². The lowest BCUT2D eigenvalue weighted by Gasteiger charge is -2.29. The SMILES string of the molecule is CCOC(=O)C1CC(OCc2cc(CN(C)C3CCN(C(=O)OC(C)(C)C)C3)cc(OCc3ccc(Cl)cc3Br)c2)C[N+]1(C)C. The van der Waals surface area contributed by atoms with Gasteiger partial charge >= 0.3 is 12.1 Å². The molecule has 1 amide bonds. The van der Waals surface area contributed by atoms with E-state index < -0.39 is 5.60 Å². The topological polar surface area (TPSA) is 77.5 Å². The number of esters is 1. The van der Waals surface area contributed by atoms with Crippen molar-refractivity contribution in [2.24, 2.45) is 0 Å². The number of rotatable bonds is 11. The van der Waals surface area contributed by atoms with E-state index in [-0.39, 0.29) is 30.3 Å². The molecular formula is C34H48BrClN3O6+. The Balaban J connectivity index is 1.46. The molecule has 2 aliphatic heterocycles. The number of likely N-dealkylation sites (N-methyl/N-ethyl adjacent to an activating group) is 2. The average Bonchev–Trinajstić information content (AvgIpc) is 3.55. The third-order valence-corrected chi connectivity index (χ3v) is 9.33. The molecule has 4 rings (SSSR count). The summed E-state index contributed by atoms with van der Waals surface area (Å²) in [4.78, 5) is 29.3. The Bertz CT molecular complexity index is 1350. The minimum absolute atomic E-state index is 0.0625. The van der Waals surface area contributed by atoms with Crippen LogP contribution in [0.25, 0.3) is 0 Å². The summed E-state index contributed by atoms with van der Waals surface area (Å²) in [5, 5.41) is 0.658. The summed E-state index contributed by atoms with van der Waals surface area (Å²) >= 11 is 9.72. The Morgan fingerprint density at radius 1 is 1.11 bits per heavy atom. The van der Waals surface area contributed by atoms with Crippen molar-refractivity contribution in [3.63, 3.8) is 0 Å². The van der Waals surface area contributed by atoms with Gasteiger partial charge in [-0.2, -0.15) is 0 Å². The number of ether oxygens (including phenoxy) is 4. The lowest BCUT2D eigenvalue weighted by Crippen LogP contribution is -2.49. The molecule has 11 heteroatoms. The average molecular weight is 710 g/mol. The van der Waals surface area contributed by atoms with E-state index in [2.05, 4.69) is 54.1 Å². The Hall–Kier alpha value is -2.37. The zero-order valence-corrected chi connectivity index (χ0v) is 29.9. The number of nitrogens with zero attached hydrogens (tertiary/aromatic N) is 3. The van der Waals surface area contributed by atoms with E-state index >= 15 is 0 Å². The van der Waals surface area contributed by atoms with Crippen LogP contribution in [0.15, 0.2) is 40.9 Å². The summed E-state index contributed by atoms with van der Waals surface area (Å²) in [7, 11) is 6.19. The van der Waals surface area contributed by atoms with E-state index in [4.69, 9.17) is 30.5 Å². The van der Waals surface area contributed by atoms with Crippen LogP contribution in [0.5, 0.6) is 5.75 Å². The minimum Gasteiger partial charge on any atom is -0.489 e. The van der Waals surface area contributed by atoms with Gasteiger partial charge < -0.3 is 28.3 Å². The lowest BCUT2D eigenvalue weighted by atomic mass is 10.1. The molecule has 248 valence electrons. The number of carbonyl (C=O) groups is 2. The van der Waals surface area contributed by atoms with Crippen molar-refractivity contribution in [1.82, 2.24) is 9.80 Å². The van der Waals surface area contributed by atoms with Crippen LogP contribution < -0.4 is 4.74 Å². The number of carbonyl (C=O) groups excluding carboxylic acids is 2. The third-order valence-electron chi connectivity index (χ3n) is 8.35. The number of hydrogen-bond acceptors (Lipinski definition) is 7. The van der Waals surface area contributed by atoms with Gasteiger partial charge in [-0.3, -0.25) is 4.90 Å². The molecule has 2 saturated heterocycles. The zero-order chi connectivity index (χ0) is 32.9. The van der Waals surface area contributed by atoms with E-state index in [1.54, 1.807) is 4.90 Å². The van der Waals surface area contributed by atoms with Crippen molar-refractivity contribution < 1.29 is 33.0 Å². The highest BCUT2D eigenvalue weighted by atomic mass is 79.9. The van der Waals surface area contributed by atoms with Crippen LogP contribution in [-0.2, 0) is 38.8 Å². The van der Waals surface area contributed by atoms with Gasteiger partial charge in [-0.05, 0) is 76.6 Å². The van der Waals surface area contributed by atoms with Crippen molar-refractivity contribution in [3.05, 3.63) is 62.6 Å². The van der Waals surface area contributed by atoms with Gasteiger partial charge in [0.2, 0.25) is 0 Å². The smallest absolute Gasteiger partial charge is 0.410 e. The molecule has 0 saturated carbocycles. The van der Waals surface area contributed by atoms with Crippen LogP contribution in [0.3, 0.4) is 0 Å². The van der Waals surface area contributed by atoms with Crippen LogP contribution in [0.1, 0.15) is 57.2 Å². The van der Waals surface area contributed by atoms with Gasteiger partial charge in [0, 0.05) is 47.2 Å². The fourth-order valence-electron chi connectivity index (χ4n) is 6.01. The highest BCUT2D eigenvalue weighted by Crippen LogP contribution is 2.29. The summed E-state index contributed by atoms with van der Waals surface area (Å²) in [5.74, 6) is 0.579. The first-order valence-electron chi connectivity index (χ1n) is 15.6. The first-order valence-corrected chi connectivity index (χ1v) is 16.8. The van der Waals surface area contributed by atoms with Crippen molar-refractivity contribution in [1.29, 1.82) is 0 Å². The molecule has 0 N–H and O–H groups in total. The normalized spacial score (nSPS) is 21.3. The highest BCUT2D eigenvalue weighted by molar-refractivity contribution is 9.10. The van der Waals surface area contributed by atoms with Gasteiger partial charge in [0.15, 0.2) is 6.04 Å². The fraction of sp³-hybridized carbons (Fsp3) is 0.588. The van der Waals surface area contributed by atoms with E-state index in [0.29, 0.717) is 55.4 Å². The van der Waals surface area contributed by atoms with Crippen molar-refractivity contribution in [3.8, 4) is 5.75 Å². The maximum atomic E-state index is 12.6. The molecule has 45 heavy (non-hydrogen) atoms. The van der Waals surface area contributed by atoms with Gasteiger partial charge in [-0.25, -0.2) is 9.59 Å². The molecule has 9 nitrogen and oxygen atoms in total. The van der Waals surface area contributed by atoms with Crippen LogP contribution >= 0.6 is 27.5 Å². The van der Waals surface area contributed by atoms with E-state index in [9.17, 15) is 9.59 Å². The summed E-state index contributed by atoms with van der Waals surface area (Å²) < 4.78 is 25.1. The molecule has 2 aromatic carbocycles. The van der Waals surface area contributed by atoms with Gasteiger partial charge in [-0.15, -0.1) is 0 Å². The number of halogens is 2. The molecule has 0 aromatic heterocycles. The Labute approximate surface area is 281 Å². The molecule has 0 spiro atoms. The summed E-state index contributed by atoms with van der Waals surface area (Å²) in [6.45, 7) is 11.3. The molecule has 0 radical (unpaired) electrons. The molecule has 2 heterocycles. The van der Waals surface area contributed by atoms with Crippen molar-refractivity contribution in [2.45, 2.75) is 84.1 Å². The molecular weight excluding hydrogens is 662 g/mol. The van der Waals surface area contributed by atoms with Gasteiger partial charge in [-0.1, -0.05) is 39.7 Å². The van der Waals surface area contributed by atoms with E-state index in [1.165, 1.54) is 0 Å². The molecule has 0 bridgehead atoms. The molecule has 2 aromatic rings. The van der Waals surface area contributed by atoms with Gasteiger partial charge in [0.05, 0.1) is 27.3 Å². The van der Waals surface area contributed by atoms with Crippen LogP contribution in [0.4, 0.5) is 4.79 Å². The monoisotopic (exact) mass is 708 g/mol. The maximum Gasteiger partial charge on any atom is 0.410 e. The number of hydrogen-bond donors (Lipinski definition) is 0. The highest BCUT2D eigenvalue weighted by Gasteiger charge is 2.46. The van der Waals surface area contributed by atoms with E-state index in [1.807, 2.05) is 52.0 Å². The van der Waals surface area contributed by atoms with Crippen molar-refractivity contribution in [2.75, 3.05) is 47.4 Å². The second-order valence-corrected chi connectivity index (χ2v) is 15.0. The standard InChI is InChI=1S/C34H48BrClN3O6/c1-8-42-32(40)31-17-29(20-39(31,6)7)43-21-24-13-23(14-28(15-24)44-22-25-9-10-26(36)16-30(25)35)18-37(5)27-11-12-38(19-27)33(41)45-34(2,3)4/h9-10,13-16,27,29,31H,8,11-12,17-22H2,1-7H3/q+1. The number of quaternary nitrogens is 1. The summed E-state index contributed by atoms with van der Waals surface area (Å²) in [6.07, 6.45) is 1.18. The number of amides is 1. The number of likely N-dealkylation sites (tertiary alicyclic amines) is 2. The van der Waals surface area contributed by atoms with Crippen LogP contribution in [0.2, 0.25) is 5.02 Å². The van der Waals surface area contributed by atoms with Crippen LogP contribution in [0, 0.1) is 0 Å². The minimum atomic E-state index is -0.519. The second kappa shape index (κ2) is 15.0. The zero-order valence-electron chi connectivity index (χ0n) is 27.6. The van der Waals surface area contributed by atoms with Gasteiger partial charge in [0.25, 0.3) is 0 Å². The van der Waals surface area contributed by atoms with Crippen LogP contribution in [-0.4, -0.2) is 97.5 Å². The predicted molar refractivity (Wildman–Crippen MR) is 178 cm³/mol. The molecule has 3 unspecified atom stereocenters. The lowest BCUT2D eigenvalue weighted by molar-refractivity contribution is -0.895. The largest absolute Gasteiger partial charge is 0.489 e. The predicted octanol–water partition coefficient (Wildman–Crippen LogP) is 6.42. The van der Waals surface area contributed by atoms with E-state index in [0.717, 1.165) is 39.9 Å². The molecule has 3 atom stereocenters. The Morgan fingerprint density at radius 3 is 2.53 bits per heavy atom. The molecule has 2 aliphatic rings. The first-order chi connectivity index (χ1) is 21.1. The Kier molecular flexibility index (Phi) is 11.8. The third kappa shape index (κ3) is 10.1. The Morgan fingerprint density at radius 2 is 1.84 bits per heavy atom. The first kappa shape index (κ1) is 35.5. The second-order valence-electron chi connectivity index (χ2n) is 13.7. The molecule has 0 aliphatic carbocycles. The quantitative estimate of drug-likeness (QED) is 0.197. The maximum absolute atomic E-state index is 12.6. The molecule has 2 fully saturated rings. The fourth-order valence-corrected chi connectivity index (χ4v) is 6.81.